The minimum absolute atomic E-state index is 0.0163. The van der Waals surface area contributed by atoms with Gasteiger partial charge < -0.3 is 18.9 Å². The molecule has 1 aliphatic heterocycles. The van der Waals surface area contributed by atoms with Crippen LogP contribution in [0.4, 0.5) is 0 Å². The van der Waals surface area contributed by atoms with Crippen molar-refractivity contribution in [2.45, 2.75) is 18.9 Å². The molecule has 0 radical (unpaired) electrons. The maximum Gasteiger partial charge on any atom is 0.338 e. The Morgan fingerprint density at radius 1 is 1.10 bits per heavy atom. The lowest BCUT2D eigenvalue weighted by Gasteiger charge is -2.13. The Morgan fingerprint density at radius 2 is 1.93 bits per heavy atom. The summed E-state index contributed by atoms with van der Waals surface area (Å²) in [6.45, 7) is 0.991. The molecule has 3 aromatic rings. The number of ether oxygens (including phenoxy) is 4. The van der Waals surface area contributed by atoms with E-state index in [-0.39, 0.29) is 18.7 Å². The molecule has 0 saturated carbocycles. The average molecular weight is 393 g/mol. The first-order valence-corrected chi connectivity index (χ1v) is 9.60. The van der Waals surface area contributed by atoms with E-state index in [4.69, 9.17) is 23.9 Å². The van der Waals surface area contributed by atoms with Crippen LogP contribution in [-0.2, 0) is 9.47 Å². The lowest BCUT2D eigenvalue weighted by atomic mass is 10.0. The monoisotopic (exact) mass is 393 g/mol. The van der Waals surface area contributed by atoms with E-state index in [1.807, 2.05) is 42.5 Å². The molecule has 1 atom stereocenters. The van der Waals surface area contributed by atoms with Crippen molar-refractivity contribution in [3.8, 4) is 22.8 Å². The van der Waals surface area contributed by atoms with Gasteiger partial charge in [-0.2, -0.15) is 0 Å². The largest absolute Gasteiger partial charge is 0.493 e. The zero-order valence-electron chi connectivity index (χ0n) is 16.5. The highest BCUT2D eigenvalue weighted by molar-refractivity contribution is 6.04. The highest BCUT2D eigenvalue weighted by atomic mass is 16.6. The Bertz CT molecular complexity index is 1030. The van der Waals surface area contributed by atoms with Crippen molar-refractivity contribution >= 4 is 16.9 Å². The Balaban J connectivity index is 1.71. The average Bonchev–Trinajstić information content (AvgIpc) is 3.30. The second-order valence-corrected chi connectivity index (χ2v) is 6.88. The van der Waals surface area contributed by atoms with Gasteiger partial charge in [-0.1, -0.05) is 18.2 Å². The molecule has 2 aromatic carbocycles. The maximum atomic E-state index is 12.9. The van der Waals surface area contributed by atoms with Gasteiger partial charge in [-0.25, -0.2) is 9.78 Å². The van der Waals surface area contributed by atoms with E-state index in [2.05, 4.69) is 0 Å². The summed E-state index contributed by atoms with van der Waals surface area (Å²) in [6, 6.07) is 14.9. The van der Waals surface area contributed by atoms with E-state index < -0.39 is 0 Å². The Morgan fingerprint density at radius 3 is 2.69 bits per heavy atom. The Kier molecular flexibility index (Phi) is 5.62. The molecule has 0 N–H and O–H groups in total. The number of carbonyl (C=O) groups is 1. The lowest BCUT2D eigenvalue weighted by Crippen LogP contribution is -2.18. The highest BCUT2D eigenvalue weighted by Gasteiger charge is 2.20. The lowest BCUT2D eigenvalue weighted by molar-refractivity contribution is 0.0163. The summed E-state index contributed by atoms with van der Waals surface area (Å²) >= 11 is 0. The quantitative estimate of drug-likeness (QED) is 0.583. The Hall–Kier alpha value is -3.12. The van der Waals surface area contributed by atoms with Crippen molar-refractivity contribution in [3.05, 3.63) is 54.1 Å². The summed E-state index contributed by atoms with van der Waals surface area (Å²) in [4.78, 5) is 17.6. The first kappa shape index (κ1) is 19.2. The fourth-order valence-corrected chi connectivity index (χ4v) is 3.51. The molecular weight excluding hydrogens is 370 g/mol. The predicted octanol–water partition coefficient (Wildman–Crippen LogP) is 4.25. The van der Waals surface area contributed by atoms with Crippen LogP contribution in [0.2, 0.25) is 0 Å². The van der Waals surface area contributed by atoms with Crippen LogP contribution in [0.15, 0.2) is 48.5 Å². The van der Waals surface area contributed by atoms with Crippen LogP contribution >= 0.6 is 0 Å². The molecule has 1 saturated heterocycles. The number of benzene rings is 2. The molecule has 1 fully saturated rings. The minimum Gasteiger partial charge on any atom is -0.493 e. The van der Waals surface area contributed by atoms with Gasteiger partial charge in [0.15, 0.2) is 11.5 Å². The zero-order chi connectivity index (χ0) is 20.2. The van der Waals surface area contributed by atoms with Crippen LogP contribution in [0.5, 0.6) is 11.5 Å². The third-order valence-electron chi connectivity index (χ3n) is 5.04. The van der Waals surface area contributed by atoms with E-state index in [9.17, 15) is 4.79 Å². The van der Waals surface area contributed by atoms with Crippen LogP contribution in [0.25, 0.3) is 22.2 Å². The number of fused-ring (bicyclic) bond motifs is 1. The zero-order valence-corrected chi connectivity index (χ0v) is 16.5. The number of pyridine rings is 1. The fourth-order valence-electron chi connectivity index (χ4n) is 3.51. The topological polar surface area (TPSA) is 66.9 Å². The number of esters is 1. The van der Waals surface area contributed by atoms with Gasteiger partial charge in [0.1, 0.15) is 6.61 Å². The van der Waals surface area contributed by atoms with Gasteiger partial charge in [0.05, 0.1) is 37.1 Å². The number of hydrogen-bond acceptors (Lipinski definition) is 6. The number of nitrogens with zero attached hydrogens (tertiary/aromatic N) is 1. The number of carbonyl (C=O) groups excluding carboxylic acids is 1. The van der Waals surface area contributed by atoms with Gasteiger partial charge in [0.2, 0.25) is 0 Å². The van der Waals surface area contributed by atoms with E-state index in [0.717, 1.165) is 35.9 Å². The summed E-state index contributed by atoms with van der Waals surface area (Å²) < 4.78 is 21.8. The number of para-hydroxylation sites is 1. The smallest absolute Gasteiger partial charge is 0.338 e. The van der Waals surface area contributed by atoms with E-state index >= 15 is 0 Å². The van der Waals surface area contributed by atoms with Crippen LogP contribution in [-0.4, -0.2) is 44.5 Å². The van der Waals surface area contributed by atoms with E-state index in [1.54, 1.807) is 20.3 Å². The van der Waals surface area contributed by atoms with Gasteiger partial charge in [-0.15, -0.1) is 0 Å². The second-order valence-electron chi connectivity index (χ2n) is 6.88. The van der Waals surface area contributed by atoms with Crippen LogP contribution in [0.3, 0.4) is 0 Å². The molecule has 1 aromatic heterocycles. The molecule has 1 aliphatic rings. The fraction of sp³-hybridized carbons (Fsp3) is 0.304. The standard InChI is InChI=1S/C23H23NO5/c1-26-21-10-9-15(12-22(21)27-2)20-13-18(17-7-3-4-8-19(17)24-20)23(25)29-14-16-6-5-11-28-16/h3-4,7-10,12-13,16H,5-6,11,14H2,1-2H3. The van der Waals surface area contributed by atoms with Crippen molar-refractivity contribution in [1.29, 1.82) is 0 Å². The van der Waals surface area contributed by atoms with Gasteiger partial charge in [0.25, 0.3) is 0 Å². The summed E-state index contributed by atoms with van der Waals surface area (Å²) in [5.74, 6) is 0.858. The minimum atomic E-state index is -0.374. The third kappa shape index (κ3) is 4.03. The van der Waals surface area contributed by atoms with Gasteiger partial charge in [-0.05, 0) is 43.2 Å². The SMILES string of the molecule is COc1ccc(-c2cc(C(=O)OCC3CCCO3)c3ccccc3n2)cc1OC. The molecule has 6 heteroatoms. The first-order valence-electron chi connectivity index (χ1n) is 9.60. The molecule has 6 nitrogen and oxygen atoms in total. The van der Waals surface area contributed by atoms with Crippen LogP contribution < -0.4 is 9.47 Å². The summed E-state index contributed by atoms with van der Waals surface area (Å²) in [7, 11) is 3.18. The molecular formula is C23H23NO5. The third-order valence-corrected chi connectivity index (χ3v) is 5.04. The number of rotatable bonds is 6. The first-order chi connectivity index (χ1) is 14.2. The molecule has 4 rings (SSSR count). The Labute approximate surface area is 169 Å². The van der Waals surface area contributed by atoms with Crippen molar-refractivity contribution in [1.82, 2.24) is 4.98 Å². The molecule has 150 valence electrons. The van der Waals surface area contributed by atoms with Crippen molar-refractivity contribution in [3.63, 3.8) is 0 Å². The molecule has 0 bridgehead atoms. The van der Waals surface area contributed by atoms with Crippen molar-refractivity contribution in [2.75, 3.05) is 27.4 Å². The summed E-state index contributed by atoms with van der Waals surface area (Å²) in [6.07, 6.45) is 1.91. The molecule has 29 heavy (non-hydrogen) atoms. The number of aromatic nitrogens is 1. The van der Waals surface area contributed by atoms with Crippen LogP contribution in [0, 0.1) is 0 Å². The van der Waals surface area contributed by atoms with E-state index in [1.165, 1.54) is 0 Å². The summed E-state index contributed by atoms with van der Waals surface area (Å²) in [5.41, 5.74) is 2.69. The molecule has 0 spiro atoms. The number of hydrogen-bond donors (Lipinski definition) is 0. The second kappa shape index (κ2) is 8.49. The van der Waals surface area contributed by atoms with Gasteiger partial charge in [0, 0.05) is 17.6 Å². The summed E-state index contributed by atoms with van der Waals surface area (Å²) in [5, 5.41) is 0.758. The van der Waals surface area contributed by atoms with E-state index in [0.29, 0.717) is 22.8 Å². The van der Waals surface area contributed by atoms with Crippen molar-refractivity contribution in [2.24, 2.45) is 0 Å². The maximum absolute atomic E-state index is 12.9. The molecule has 1 unspecified atom stereocenters. The molecule has 2 heterocycles. The number of methoxy groups -OCH3 is 2. The molecule has 0 amide bonds. The normalized spacial score (nSPS) is 16.0. The highest BCUT2D eigenvalue weighted by Crippen LogP contribution is 2.33. The van der Waals surface area contributed by atoms with Gasteiger partial charge in [-0.3, -0.25) is 0 Å². The van der Waals surface area contributed by atoms with Gasteiger partial charge >= 0.3 is 5.97 Å². The van der Waals surface area contributed by atoms with Crippen LogP contribution in [0.1, 0.15) is 23.2 Å². The van der Waals surface area contributed by atoms with Crippen molar-refractivity contribution < 1.29 is 23.7 Å². The molecule has 0 aliphatic carbocycles. The predicted molar refractivity (Wildman–Crippen MR) is 110 cm³/mol.